The van der Waals surface area contributed by atoms with Crippen molar-refractivity contribution in [3.05, 3.63) is 70.7 Å². The van der Waals surface area contributed by atoms with Crippen LogP contribution in [0, 0.1) is 11.8 Å². The van der Waals surface area contributed by atoms with Crippen molar-refractivity contribution in [3.63, 3.8) is 0 Å². The topological polar surface area (TPSA) is 36.9 Å². The molecule has 0 fully saturated rings. The molecule has 0 aromatic heterocycles. The highest BCUT2D eigenvalue weighted by Gasteiger charge is 2.23. The fourth-order valence-corrected chi connectivity index (χ4v) is 4.43. The first-order valence-electron chi connectivity index (χ1n) is 11.3. The van der Waals surface area contributed by atoms with Crippen LogP contribution in [0.5, 0.6) is 11.5 Å². The Morgan fingerprint density at radius 1 is 1.00 bits per heavy atom. The number of allylic oxidation sites excluding steroid dienone is 5. The summed E-state index contributed by atoms with van der Waals surface area (Å²) >= 11 is 0. The predicted molar refractivity (Wildman–Crippen MR) is 131 cm³/mol. The number of hydrogen-bond acceptors (Lipinski definition) is 4. The molecule has 3 rings (SSSR count). The van der Waals surface area contributed by atoms with Gasteiger partial charge < -0.3 is 18.9 Å². The van der Waals surface area contributed by atoms with Crippen molar-refractivity contribution in [1.29, 1.82) is 0 Å². The monoisotopic (exact) mass is 436 g/mol. The minimum Gasteiger partial charge on any atom is -0.501 e. The molecule has 0 radical (unpaired) electrons. The van der Waals surface area contributed by atoms with Crippen LogP contribution in [0.15, 0.2) is 65.1 Å². The van der Waals surface area contributed by atoms with Gasteiger partial charge in [0, 0.05) is 24.0 Å². The Bertz CT molecular complexity index is 1040. The van der Waals surface area contributed by atoms with E-state index in [0.29, 0.717) is 18.3 Å². The molecule has 1 aliphatic rings. The van der Waals surface area contributed by atoms with Crippen molar-refractivity contribution in [3.8, 4) is 11.5 Å². The summed E-state index contributed by atoms with van der Waals surface area (Å²) in [7, 11) is 6.93. The van der Waals surface area contributed by atoms with Gasteiger partial charge >= 0.3 is 0 Å². The number of fused-ring (bicyclic) bond motifs is 1. The second-order valence-corrected chi connectivity index (χ2v) is 8.82. The molecule has 0 amide bonds. The zero-order valence-electron chi connectivity index (χ0n) is 20.5. The second kappa shape index (κ2) is 10.6. The van der Waals surface area contributed by atoms with Gasteiger partial charge in [-0.3, -0.25) is 0 Å². The van der Waals surface area contributed by atoms with Gasteiger partial charge in [-0.15, -0.1) is 0 Å². The van der Waals surface area contributed by atoms with Gasteiger partial charge in [-0.05, 0) is 65.0 Å². The highest BCUT2D eigenvalue weighted by molar-refractivity contribution is 5.89. The Kier molecular flexibility index (Phi) is 7.89. The fourth-order valence-electron chi connectivity index (χ4n) is 4.43. The van der Waals surface area contributed by atoms with Crippen LogP contribution >= 0.6 is 0 Å². The Morgan fingerprint density at radius 3 is 2.38 bits per heavy atom. The molecule has 0 saturated carbocycles. The van der Waals surface area contributed by atoms with E-state index in [0.717, 1.165) is 52.2 Å². The van der Waals surface area contributed by atoms with E-state index in [1.54, 1.807) is 28.4 Å². The standard InChI is InChI=1S/C28H36O4/c1-18(2)12-28(32-7)25(21-13-19(3)14-23(15-21)30-5)17-26-24-16-22(29-4)10-8-20(24)9-11-27(26)31-6/h8-12,15-16,18-19H,13-14,17H2,1-7H3/b25-21+,28-12+. The zero-order valence-corrected chi connectivity index (χ0v) is 20.5. The number of benzene rings is 2. The Morgan fingerprint density at radius 2 is 1.75 bits per heavy atom. The van der Waals surface area contributed by atoms with Gasteiger partial charge in [0.15, 0.2) is 0 Å². The molecule has 0 heterocycles. The lowest BCUT2D eigenvalue weighted by Gasteiger charge is -2.25. The fraction of sp³-hybridized carbons (Fsp3) is 0.429. The van der Waals surface area contributed by atoms with E-state index in [1.165, 1.54) is 11.1 Å². The molecule has 0 aliphatic heterocycles. The van der Waals surface area contributed by atoms with E-state index in [2.05, 4.69) is 51.1 Å². The van der Waals surface area contributed by atoms with Crippen LogP contribution in [0.1, 0.15) is 39.2 Å². The van der Waals surface area contributed by atoms with Gasteiger partial charge in [0.05, 0.1) is 34.2 Å². The van der Waals surface area contributed by atoms with Gasteiger partial charge in [-0.1, -0.05) is 32.9 Å². The summed E-state index contributed by atoms with van der Waals surface area (Å²) in [5.74, 6) is 4.50. The van der Waals surface area contributed by atoms with Crippen LogP contribution in [-0.2, 0) is 15.9 Å². The first kappa shape index (κ1) is 23.8. The molecule has 2 aromatic rings. The molecule has 0 N–H and O–H groups in total. The quantitative estimate of drug-likeness (QED) is 0.424. The first-order chi connectivity index (χ1) is 15.4. The summed E-state index contributed by atoms with van der Waals surface area (Å²) in [4.78, 5) is 0. The van der Waals surface area contributed by atoms with Crippen LogP contribution in [0.4, 0.5) is 0 Å². The molecule has 4 nitrogen and oxygen atoms in total. The van der Waals surface area contributed by atoms with Gasteiger partial charge in [-0.2, -0.15) is 0 Å². The molecular weight excluding hydrogens is 400 g/mol. The Hall–Kier alpha value is -2.88. The minimum atomic E-state index is 0.363. The maximum absolute atomic E-state index is 5.95. The third kappa shape index (κ3) is 5.29. The van der Waals surface area contributed by atoms with Gasteiger partial charge in [-0.25, -0.2) is 0 Å². The lowest BCUT2D eigenvalue weighted by Crippen LogP contribution is -2.11. The summed E-state index contributed by atoms with van der Waals surface area (Å²) in [6.07, 6.45) is 7.02. The van der Waals surface area contributed by atoms with E-state index in [9.17, 15) is 0 Å². The maximum atomic E-state index is 5.95. The lowest BCUT2D eigenvalue weighted by molar-refractivity contribution is 0.255. The predicted octanol–water partition coefficient (Wildman–Crippen LogP) is 6.84. The molecular formula is C28H36O4. The number of methoxy groups -OCH3 is 4. The Balaban J connectivity index is 2.26. The summed E-state index contributed by atoms with van der Waals surface area (Å²) < 4.78 is 22.9. The van der Waals surface area contributed by atoms with E-state index in [-0.39, 0.29) is 0 Å². The Labute approximate surface area is 192 Å². The van der Waals surface area contributed by atoms with Crippen LogP contribution in [0.25, 0.3) is 10.8 Å². The van der Waals surface area contributed by atoms with Crippen LogP contribution in [0.3, 0.4) is 0 Å². The molecule has 1 unspecified atom stereocenters. The number of ether oxygens (including phenoxy) is 4. The van der Waals surface area contributed by atoms with E-state index >= 15 is 0 Å². The van der Waals surface area contributed by atoms with Gasteiger partial charge in [0.25, 0.3) is 0 Å². The largest absolute Gasteiger partial charge is 0.501 e. The average molecular weight is 437 g/mol. The number of rotatable bonds is 8. The second-order valence-electron chi connectivity index (χ2n) is 8.82. The van der Waals surface area contributed by atoms with Crippen molar-refractivity contribution in [1.82, 2.24) is 0 Å². The van der Waals surface area contributed by atoms with E-state index < -0.39 is 0 Å². The first-order valence-corrected chi connectivity index (χ1v) is 11.3. The normalized spacial score (nSPS) is 18.4. The molecule has 0 saturated heterocycles. The summed E-state index contributed by atoms with van der Waals surface area (Å²) in [6, 6.07) is 10.3. The minimum absolute atomic E-state index is 0.363. The SMILES string of the molecule is COC1=C/C(=C(Cc2c(OC)ccc3ccc(OC)cc23)/C(=C\C(C)C)OC)CC(C)C1. The maximum Gasteiger partial charge on any atom is 0.123 e. The molecule has 1 atom stereocenters. The average Bonchev–Trinajstić information content (AvgIpc) is 2.79. The van der Waals surface area contributed by atoms with Crippen LogP contribution < -0.4 is 9.47 Å². The van der Waals surface area contributed by atoms with Crippen LogP contribution in [-0.4, -0.2) is 28.4 Å². The van der Waals surface area contributed by atoms with E-state index in [4.69, 9.17) is 18.9 Å². The van der Waals surface area contributed by atoms with Crippen LogP contribution in [0.2, 0.25) is 0 Å². The van der Waals surface area contributed by atoms with Crippen molar-refractivity contribution < 1.29 is 18.9 Å². The number of hydrogen-bond donors (Lipinski definition) is 0. The van der Waals surface area contributed by atoms with Gasteiger partial charge in [0.1, 0.15) is 17.3 Å². The zero-order chi connectivity index (χ0) is 23.3. The van der Waals surface area contributed by atoms with Crippen molar-refractivity contribution >= 4 is 10.8 Å². The molecule has 1 aliphatic carbocycles. The molecule has 172 valence electrons. The molecule has 0 bridgehead atoms. The summed E-state index contributed by atoms with van der Waals surface area (Å²) in [6.45, 7) is 6.61. The van der Waals surface area contributed by atoms with Gasteiger partial charge in [0.2, 0.25) is 0 Å². The third-order valence-electron chi connectivity index (χ3n) is 5.98. The van der Waals surface area contributed by atoms with Crippen molar-refractivity contribution in [2.75, 3.05) is 28.4 Å². The molecule has 0 spiro atoms. The molecule has 2 aromatic carbocycles. The molecule has 4 heteroatoms. The summed E-state index contributed by atoms with van der Waals surface area (Å²) in [5.41, 5.74) is 3.57. The van der Waals surface area contributed by atoms with Crippen molar-refractivity contribution in [2.45, 2.75) is 40.0 Å². The van der Waals surface area contributed by atoms with Crippen molar-refractivity contribution in [2.24, 2.45) is 11.8 Å². The highest BCUT2D eigenvalue weighted by atomic mass is 16.5. The lowest BCUT2D eigenvalue weighted by atomic mass is 9.84. The summed E-state index contributed by atoms with van der Waals surface area (Å²) in [5, 5.41) is 2.28. The van der Waals surface area contributed by atoms with E-state index in [1.807, 2.05) is 12.1 Å². The highest BCUT2D eigenvalue weighted by Crippen LogP contribution is 2.38. The third-order valence-corrected chi connectivity index (χ3v) is 5.98. The smallest absolute Gasteiger partial charge is 0.123 e. The molecule has 32 heavy (non-hydrogen) atoms.